The van der Waals surface area contributed by atoms with Crippen molar-refractivity contribution in [3.05, 3.63) is 81.1 Å². The summed E-state index contributed by atoms with van der Waals surface area (Å²) in [6.45, 7) is 2.25. The summed E-state index contributed by atoms with van der Waals surface area (Å²) in [4.78, 5) is 24.2. The fourth-order valence-electron chi connectivity index (χ4n) is 2.40. The average molecular weight is 436 g/mol. The fourth-order valence-corrected chi connectivity index (χ4v) is 2.53. The van der Waals surface area contributed by atoms with E-state index in [-0.39, 0.29) is 22.5 Å². The first-order valence-electron chi connectivity index (χ1n) is 8.98. The maximum atomic E-state index is 13.0. The minimum atomic E-state index is -2.71. The molecule has 0 aliphatic rings. The summed E-state index contributed by atoms with van der Waals surface area (Å²) in [6, 6.07) is 13.0. The molecule has 0 bridgehead atoms. The zero-order valence-corrected chi connectivity index (χ0v) is 16.8. The minimum absolute atomic E-state index is 0.103. The summed E-state index contributed by atoms with van der Waals surface area (Å²) in [5.74, 6) is -0.939. The van der Waals surface area contributed by atoms with E-state index in [9.17, 15) is 18.4 Å². The third-order valence-electron chi connectivity index (χ3n) is 3.91. The van der Waals surface area contributed by atoms with Gasteiger partial charge in [0.05, 0.1) is 11.4 Å². The van der Waals surface area contributed by atoms with Crippen molar-refractivity contribution in [1.29, 1.82) is 0 Å². The Morgan fingerprint density at radius 1 is 1.20 bits per heavy atom. The van der Waals surface area contributed by atoms with Crippen LogP contribution in [-0.4, -0.2) is 27.4 Å². The second-order valence-corrected chi connectivity index (χ2v) is 6.59. The van der Waals surface area contributed by atoms with Crippen molar-refractivity contribution in [2.45, 2.75) is 19.8 Å². The zero-order valence-electron chi connectivity index (χ0n) is 16.1. The minimum Gasteiger partial charge on any atom is -0.396 e. The van der Waals surface area contributed by atoms with Gasteiger partial charge in [-0.3, -0.25) is 9.59 Å². The number of nitrogens with two attached hydrogens (primary N) is 1. The Labute approximate surface area is 176 Å². The standard InChI is InChI=1S/C18H12ClF2N3O2.C3H8O/c19-12-6-4-10(5-7-12)15-9-14(17(22)25)18(26)24(23-15)13-3-1-2-11(8-13)16(20)21;1-2-3-4/h1-9,16H,(H2,22,25);4H,2-3H2,1H3. The molecule has 6 nitrogen and oxygen atoms in total. The molecular weight excluding hydrogens is 416 g/mol. The first-order valence-corrected chi connectivity index (χ1v) is 9.35. The number of carbonyl (C=O) groups is 1. The molecule has 0 fully saturated rings. The number of alkyl halides is 2. The molecule has 3 rings (SSSR count). The van der Waals surface area contributed by atoms with Crippen molar-refractivity contribution in [2.24, 2.45) is 5.73 Å². The van der Waals surface area contributed by atoms with Gasteiger partial charge in [0.15, 0.2) is 0 Å². The van der Waals surface area contributed by atoms with Crippen molar-refractivity contribution < 1.29 is 18.7 Å². The Balaban J connectivity index is 0.000000735. The highest BCUT2D eigenvalue weighted by Crippen LogP contribution is 2.22. The van der Waals surface area contributed by atoms with Crippen LogP contribution < -0.4 is 11.3 Å². The molecule has 3 aromatic rings. The quantitative estimate of drug-likeness (QED) is 0.633. The van der Waals surface area contributed by atoms with Crippen molar-refractivity contribution in [3.8, 4) is 16.9 Å². The molecule has 0 unspecified atom stereocenters. The van der Waals surface area contributed by atoms with E-state index in [1.807, 2.05) is 6.92 Å². The predicted molar refractivity (Wildman–Crippen MR) is 111 cm³/mol. The van der Waals surface area contributed by atoms with E-state index in [4.69, 9.17) is 22.4 Å². The van der Waals surface area contributed by atoms with Gasteiger partial charge in [0.25, 0.3) is 17.9 Å². The van der Waals surface area contributed by atoms with Crippen molar-refractivity contribution in [3.63, 3.8) is 0 Å². The predicted octanol–water partition coefficient (Wildman–Crippen LogP) is 3.98. The van der Waals surface area contributed by atoms with E-state index in [2.05, 4.69) is 5.10 Å². The number of benzene rings is 2. The molecule has 0 saturated heterocycles. The van der Waals surface area contributed by atoms with Gasteiger partial charge in [0.2, 0.25) is 0 Å². The number of aliphatic hydroxyl groups excluding tert-OH is 1. The Kier molecular flexibility index (Phi) is 8.20. The fraction of sp³-hybridized carbons (Fsp3) is 0.190. The van der Waals surface area contributed by atoms with Crippen LogP contribution in [0.15, 0.2) is 59.4 Å². The molecule has 158 valence electrons. The second-order valence-electron chi connectivity index (χ2n) is 6.15. The lowest BCUT2D eigenvalue weighted by molar-refractivity contribution is 0.0998. The van der Waals surface area contributed by atoms with Crippen molar-refractivity contribution in [1.82, 2.24) is 9.78 Å². The number of rotatable bonds is 5. The van der Waals surface area contributed by atoms with Gasteiger partial charge in [-0.1, -0.05) is 42.8 Å². The molecule has 1 heterocycles. The molecule has 30 heavy (non-hydrogen) atoms. The largest absolute Gasteiger partial charge is 0.396 e. The summed E-state index contributed by atoms with van der Waals surface area (Å²) < 4.78 is 26.8. The van der Waals surface area contributed by atoms with Crippen LogP contribution in [0.5, 0.6) is 0 Å². The number of nitrogens with zero attached hydrogens (tertiary/aromatic N) is 2. The number of aromatic nitrogens is 2. The molecule has 0 saturated carbocycles. The van der Waals surface area contributed by atoms with Gasteiger partial charge < -0.3 is 10.8 Å². The smallest absolute Gasteiger partial charge is 0.284 e. The molecule has 1 amide bonds. The molecule has 2 aromatic carbocycles. The number of hydrogen-bond acceptors (Lipinski definition) is 4. The molecule has 0 atom stereocenters. The monoisotopic (exact) mass is 435 g/mol. The number of carbonyl (C=O) groups excluding carboxylic acids is 1. The second kappa shape index (κ2) is 10.6. The van der Waals surface area contributed by atoms with Crippen LogP contribution in [0.1, 0.15) is 35.7 Å². The van der Waals surface area contributed by atoms with E-state index in [0.717, 1.165) is 17.2 Å². The number of halogens is 3. The lowest BCUT2D eigenvalue weighted by atomic mass is 10.1. The Morgan fingerprint density at radius 3 is 2.37 bits per heavy atom. The summed E-state index contributed by atoms with van der Waals surface area (Å²) >= 11 is 5.86. The van der Waals surface area contributed by atoms with Crippen LogP contribution in [0.25, 0.3) is 16.9 Å². The number of aliphatic hydroxyl groups is 1. The van der Waals surface area contributed by atoms with Crippen LogP contribution in [-0.2, 0) is 0 Å². The Morgan fingerprint density at radius 2 is 1.83 bits per heavy atom. The average Bonchev–Trinajstić information content (AvgIpc) is 2.74. The van der Waals surface area contributed by atoms with E-state index in [1.54, 1.807) is 24.3 Å². The Bertz CT molecular complexity index is 1070. The van der Waals surface area contributed by atoms with E-state index in [1.165, 1.54) is 24.3 Å². The molecule has 0 aliphatic heterocycles. The van der Waals surface area contributed by atoms with Gasteiger partial charge in [0.1, 0.15) is 5.56 Å². The molecule has 9 heteroatoms. The van der Waals surface area contributed by atoms with Crippen LogP contribution in [0.3, 0.4) is 0 Å². The topological polar surface area (TPSA) is 98.2 Å². The highest BCUT2D eigenvalue weighted by Gasteiger charge is 2.16. The third-order valence-corrected chi connectivity index (χ3v) is 4.16. The van der Waals surface area contributed by atoms with Gasteiger partial charge in [-0.25, -0.2) is 8.78 Å². The molecule has 1 aromatic heterocycles. The SMILES string of the molecule is CCCO.NC(=O)c1cc(-c2ccc(Cl)cc2)nn(-c2cccc(C(F)F)c2)c1=O. The maximum absolute atomic E-state index is 13.0. The molecule has 0 spiro atoms. The van der Waals surface area contributed by atoms with Crippen LogP contribution in [0.4, 0.5) is 8.78 Å². The van der Waals surface area contributed by atoms with Crippen LogP contribution in [0.2, 0.25) is 5.02 Å². The van der Waals surface area contributed by atoms with Gasteiger partial charge in [0, 0.05) is 22.8 Å². The summed E-state index contributed by atoms with van der Waals surface area (Å²) in [7, 11) is 0. The van der Waals surface area contributed by atoms with Crippen molar-refractivity contribution >= 4 is 17.5 Å². The summed E-state index contributed by atoms with van der Waals surface area (Å²) in [5.41, 5.74) is 4.89. The van der Waals surface area contributed by atoms with E-state index < -0.39 is 17.9 Å². The lowest BCUT2D eigenvalue weighted by Crippen LogP contribution is -2.30. The molecular formula is C21H20ClF2N3O3. The first-order chi connectivity index (χ1) is 14.3. The number of primary amides is 1. The molecule has 0 aliphatic carbocycles. The number of hydrogen-bond donors (Lipinski definition) is 2. The van der Waals surface area contributed by atoms with Gasteiger partial charge >= 0.3 is 0 Å². The number of amides is 1. The summed E-state index contributed by atoms with van der Waals surface area (Å²) in [5, 5.41) is 12.6. The van der Waals surface area contributed by atoms with Gasteiger partial charge in [-0.05, 0) is 36.8 Å². The van der Waals surface area contributed by atoms with Crippen LogP contribution in [0, 0.1) is 0 Å². The third kappa shape index (κ3) is 5.71. The highest BCUT2D eigenvalue weighted by molar-refractivity contribution is 6.30. The van der Waals surface area contributed by atoms with Crippen LogP contribution >= 0.6 is 11.6 Å². The van der Waals surface area contributed by atoms with Crippen molar-refractivity contribution in [2.75, 3.05) is 6.61 Å². The van der Waals surface area contributed by atoms with E-state index in [0.29, 0.717) is 17.2 Å². The molecule has 3 N–H and O–H groups in total. The first kappa shape index (κ1) is 23.2. The highest BCUT2D eigenvalue weighted by atomic mass is 35.5. The van der Waals surface area contributed by atoms with Gasteiger partial charge in [-0.15, -0.1) is 0 Å². The maximum Gasteiger partial charge on any atom is 0.284 e. The Hall–Kier alpha value is -3.10. The normalized spacial score (nSPS) is 10.5. The summed E-state index contributed by atoms with van der Waals surface area (Å²) in [6.07, 6.45) is -1.83. The zero-order chi connectivity index (χ0) is 22.3. The molecule has 0 radical (unpaired) electrons. The lowest BCUT2D eigenvalue weighted by Gasteiger charge is -2.11. The van der Waals surface area contributed by atoms with E-state index >= 15 is 0 Å². The van der Waals surface area contributed by atoms with Gasteiger partial charge in [-0.2, -0.15) is 9.78 Å².